The van der Waals surface area contributed by atoms with Crippen LogP contribution in [0.3, 0.4) is 0 Å². The molecule has 0 saturated carbocycles. The molecule has 1 aromatic heterocycles. The van der Waals surface area contributed by atoms with Crippen LogP contribution < -0.4 is 0 Å². The molecular formula is C18H32N2O2. The van der Waals surface area contributed by atoms with Crippen molar-refractivity contribution in [2.45, 2.75) is 59.6 Å². The third-order valence-corrected chi connectivity index (χ3v) is 3.83. The standard InChI is InChI=1S/C14H20N2O2.2C2H6/c1-10-2-3-13(11-4-5-18-9-11)14(15-10)8-16-6-12(17)7-16;2*1-2/h2-3,11-12,17H,4-9H2,1H3;2*1-2H3. The molecule has 0 amide bonds. The maximum atomic E-state index is 9.35. The Bertz CT molecular complexity index is 425. The predicted octanol–water partition coefficient (Wildman–Crippen LogP) is 3.12. The van der Waals surface area contributed by atoms with Gasteiger partial charge in [0.05, 0.1) is 18.4 Å². The number of likely N-dealkylation sites (tertiary alicyclic amines) is 1. The van der Waals surface area contributed by atoms with E-state index in [0.29, 0.717) is 5.92 Å². The number of aliphatic hydroxyl groups is 1. The first-order valence-electron chi connectivity index (χ1n) is 8.67. The van der Waals surface area contributed by atoms with Crippen molar-refractivity contribution in [3.05, 3.63) is 29.1 Å². The molecule has 2 aliphatic rings. The molecule has 1 atom stereocenters. The molecule has 0 aliphatic carbocycles. The molecule has 22 heavy (non-hydrogen) atoms. The van der Waals surface area contributed by atoms with Crippen molar-refractivity contribution >= 4 is 0 Å². The van der Waals surface area contributed by atoms with E-state index in [1.807, 2.05) is 34.6 Å². The van der Waals surface area contributed by atoms with E-state index < -0.39 is 0 Å². The highest BCUT2D eigenvalue weighted by molar-refractivity contribution is 5.27. The second-order valence-electron chi connectivity index (χ2n) is 5.40. The third-order valence-electron chi connectivity index (χ3n) is 3.83. The van der Waals surface area contributed by atoms with Crippen molar-refractivity contribution in [3.8, 4) is 0 Å². The predicted molar refractivity (Wildman–Crippen MR) is 91.1 cm³/mol. The minimum absolute atomic E-state index is 0.145. The molecule has 2 saturated heterocycles. The van der Waals surface area contributed by atoms with Crippen molar-refractivity contribution in [1.82, 2.24) is 9.88 Å². The Morgan fingerprint density at radius 3 is 2.45 bits per heavy atom. The number of pyridine rings is 1. The first-order valence-corrected chi connectivity index (χ1v) is 8.67. The van der Waals surface area contributed by atoms with Crippen molar-refractivity contribution < 1.29 is 9.84 Å². The van der Waals surface area contributed by atoms with Gasteiger partial charge in [0.1, 0.15) is 0 Å². The van der Waals surface area contributed by atoms with Crippen molar-refractivity contribution in [2.24, 2.45) is 0 Å². The van der Waals surface area contributed by atoms with Crippen LogP contribution in [0.25, 0.3) is 0 Å². The number of aromatic nitrogens is 1. The zero-order chi connectivity index (χ0) is 16.5. The average Bonchev–Trinajstić information content (AvgIpc) is 3.04. The Hall–Kier alpha value is -0.970. The number of hydrogen-bond acceptors (Lipinski definition) is 4. The van der Waals surface area contributed by atoms with E-state index in [-0.39, 0.29) is 6.10 Å². The Labute approximate surface area is 135 Å². The van der Waals surface area contributed by atoms with Gasteiger partial charge >= 0.3 is 0 Å². The van der Waals surface area contributed by atoms with Crippen LogP contribution in [0.15, 0.2) is 12.1 Å². The SMILES string of the molecule is CC.CC.Cc1ccc(C2CCOC2)c(CN2CC(O)C2)n1. The van der Waals surface area contributed by atoms with Gasteiger partial charge in [0, 0.05) is 37.9 Å². The van der Waals surface area contributed by atoms with E-state index in [2.05, 4.69) is 22.0 Å². The summed E-state index contributed by atoms with van der Waals surface area (Å²) in [5.41, 5.74) is 3.56. The smallest absolute Gasteiger partial charge is 0.0794 e. The Balaban J connectivity index is 0.000000561. The van der Waals surface area contributed by atoms with Crippen LogP contribution in [0.5, 0.6) is 0 Å². The molecule has 2 fully saturated rings. The highest BCUT2D eigenvalue weighted by Gasteiger charge is 2.27. The lowest BCUT2D eigenvalue weighted by Gasteiger charge is -2.36. The minimum Gasteiger partial charge on any atom is -0.390 e. The summed E-state index contributed by atoms with van der Waals surface area (Å²) in [7, 11) is 0. The Morgan fingerprint density at radius 2 is 1.91 bits per heavy atom. The van der Waals surface area contributed by atoms with E-state index in [9.17, 15) is 5.11 Å². The molecular weight excluding hydrogens is 276 g/mol. The molecule has 3 heterocycles. The van der Waals surface area contributed by atoms with E-state index in [1.165, 1.54) is 5.56 Å². The van der Waals surface area contributed by atoms with Gasteiger partial charge in [-0.05, 0) is 25.0 Å². The highest BCUT2D eigenvalue weighted by atomic mass is 16.5. The van der Waals surface area contributed by atoms with Crippen LogP contribution in [0.2, 0.25) is 0 Å². The molecule has 3 rings (SSSR count). The van der Waals surface area contributed by atoms with Crippen LogP contribution in [-0.2, 0) is 11.3 Å². The summed E-state index contributed by atoms with van der Waals surface area (Å²) >= 11 is 0. The molecule has 0 bridgehead atoms. The summed E-state index contributed by atoms with van der Waals surface area (Å²) in [6.07, 6.45) is 0.952. The van der Waals surface area contributed by atoms with Gasteiger partial charge in [-0.1, -0.05) is 33.8 Å². The summed E-state index contributed by atoms with van der Waals surface area (Å²) in [5.74, 6) is 0.499. The van der Waals surface area contributed by atoms with Crippen LogP contribution in [0.4, 0.5) is 0 Å². The first-order chi connectivity index (χ1) is 10.7. The fraction of sp³-hybridized carbons (Fsp3) is 0.722. The number of β-amino-alcohol motifs (C(OH)–C–C–N with tert-alkyl or cyclic N) is 1. The molecule has 0 radical (unpaired) electrons. The average molecular weight is 308 g/mol. The van der Waals surface area contributed by atoms with Gasteiger partial charge in [0.25, 0.3) is 0 Å². The van der Waals surface area contributed by atoms with Gasteiger partial charge < -0.3 is 9.84 Å². The molecule has 4 heteroatoms. The van der Waals surface area contributed by atoms with Crippen LogP contribution in [-0.4, -0.2) is 47.4 Å². The number of aryl methyl sites for hydroxylation is 1. The summed E-state index contributed by atoms with van der Waals surface area (Å²) in [5, 5.41) is 9.35. The lowest BCUT2D eigenvalue weighted by molar-refractivity contribution is -0.00377. The number of rotatable bonds is 3. The maximum Gasteiger partial charge on any atom is 0.0794 e. The number of aliphatic hydroxyl groups excluding tert-OH is 1. The van der Waals surface area contributed by atoms with Gasteiger partial charge in [-0.15, -0.1) is 0 Å². The number of ether oxygens (including phenoxy) is 1. The largest absolute Gasteiger partial charge is 0.390 e. The molecule has 2 aliphatic heterocycles. The second kappa shape index (κ2) is 9.93. The van der Waals surface area contributed by atoms with Crippen LogP contribution in [0.1, 0.15) is 57.0 Å². The molecule has 1 N–H and O–H groups in total. The zero-order valence-electron chi connectivity index (χ0n) is 14.8. The van der Waals surface area contributed by atoms with Gasteiger partial charge in [-0.3, -0.25) is 9.88 Å². The van der Waals surface area contributed by atoms with Gasteiger partial charge in [-0.2, -0.15) is 0 Å². The summed E-state index contributed by atoms with van der Waals surface area (Å²) < 4.78 is 5.48. The van der Waals surface area contributed by atoms with E-state index in [1.54, 1.807) is 0 Å². The minimum atomic E-state index is -0.145. The normalized spacial score (nSPS) is 21.3. The lowest BCUT2D eigenvalue weighted by Crippen LogP contribution is -2.50. The first kappa shape index (κ1) is 19.1. The van der Waals surface area contributed by atoms with E-state index in [4.69, 9.17) is 4.74 Å². The molecule has 4 nitrogen and oxygen atoms in total. The monoisotopic (exact) mass is 308 g/mol. The maximum absolute atomic E-state index is 9.35. The van der Waals surface area contributed by atoms with Crippen molar-refractivity contribution in [1.29, 1.82) is 0 Å². The van der Waals surface area contributed by atoms with E-state index in [0.717, 1.165) is 50.7 Å². The quantitative estimate of drug-likeness (QED) is 0.932. The third kappa shape index (κ3) is 5.04. The second-order valence-corrected chi connectivity index (χ2v) is 5.40. The van der Waals surface area contributed by atoms with Crippen LogP contribution in [0, 0.1) is 6.92 Å². The summed E-state index contributed by atoms with van der Waals surface area (Å²) in [4.78, 5) is 6.93. The molecule has 1 aromatic rings. The van der Waals surface area contributed by atoms with Crippen molar-refractivity contribution in [2.75, 3.05) is 26.3 Å². The van der Waals surface area contributed by atoms with Gasteiger partial charge in [0.15, 0.2) is 0 Å². The highest BCUT2D eigenvalue weighted by Crippen LogP contribution is 2.28. The fourth-order valence-corrected chi connectivity index (χ4v) is 2.78. The Kier molecular flexibility index (Phi) is 8.61. The zero-order valence-corrected chi connectivity index (χ0v) is 14.8. The van der Waals surface area contributed by atoms with Gasteiger partial charge in [-0.25, -0.2) is 0 Å². The Morgan fingerprint density at radius 1 is 1.23 bits per heavy atom. The fourth-order valence-electron chi connectivity index (χ4n) is 2.78. The number of nitrogens with zero attached hydrogens (tertiary/aromatic N) is 2. The lowest BCUT2D eigenvalue weighted by atomic mass is 9.95. The summed E-state index contributed by atoms with van der Waals surface area (Å²) in [6.45, 7) is 14.1. The molecule has 0 aromatic carbocycles. The summed E-state index contributed by atoms with van der Waals surface area (Å²) in [6, 6.07) is 4.29. The topological polar surface area (TPSA) is 45.6 Å². The van der Waals surface area contributed by atoms with E-state index >= 15 is 0 Å². The molecule has 0 spiro atoms. The van der Waals surface area contributed by atoms with Crippen molar-refractivity contribution in [3.63, 3.8) is 0 Å². The van der Waals surface area contributed by atoms with Gasteiger partial charge in [0.2, 0.25) is 0 Å². The number of hydrogen-bond donors (Lipinski definition) is 1. The van der Waals surface area contributed by atoms with Crippen LogP contribution >= 0.6 is 0 Å². The molecule has 126 valence electrons. The molecule has 1 unspecified atom stereocenters.